The molecular weight excluding hydrogens is 204 g/mol. The molecule has 0 bridgehead atoms. The van der Waals surface area contributed by atoms with Crippen molar-refractivity contribution >= 4 is 5.91 Å². The number of hydrogen-bond acceptors (Lipinski definition) is 3. The van der Waals surface area contributed by atoms with Crippen LogP contribution in [0.15, 0.2) is 0 Å². The molecule has 2 atom stereocenters. The minimum atomic E-state index is -0.00686. The second-order valence-electron chi connectivity index (χ2n) is 4.56. The van der Waals surface area contributed by atoms with E-state index in [1.807, 2.05) is 0 Å². The van der Waals surface area contributed by atoms with Crippen LogP contribution in [0.4, 0.5) is 0 Å². The van der Waals surface area contributed by atoms with Crippen LogP contribution in [0.2, 0.25) is 0 Å². The molecule has 16 heavy (non-hydrogen) atoms. The molecule has 1 rings (SSSR count). The van der Waals surface area contributed by atoms with Gasteiger partial charge in [0.2, 0.25) is 5.91 Å². The Hall–Kier alpha value is -0.610. The zero-order valence-corrected chi connectivity index (χ0v) is 10.2. The van der Waals surface area contributed by atoms with E-state index in [0.717, 1.165) is 45.1 Å². The number of amides is 1. The molecule has 4 heteroatoms. The van der Waals surface area contributed by atoms with Gasteiger partial charge in [0, 0.05) is 12.6 Å². The smallest absolute Gasteiger partial charge is 0.246 e. The molecular formula is C12H24N2O2. The van der Waals surface area contributed by atoms with Gasteiger partial charge in [-0.15, -0.1) is 0 Å². The van der Waals surface area contributed by atoms with Crippen LogP contribution in [0.25, 0.3) is 0 Å². The summed E-state index contributed by atoms with van der Waals surface area (Å²) in [5.41, 5.74) is 5.85. The monoisotopic (exact) mass is 228 g/mol. The molecule has 3 N–H and O–H groups in total. The van der Waals surface area contributed by atoms with Gasteiger partial charge in [-0.3, -0.25) is 4.79 Å². The van der Waals surface area contributed by atoms with Crippen molar-refractivity contribution in [3.63, 3.8) is 0 Å². The second-order valence-corrected chi connectivity index (χ2v) is 4.56. The summed E-state index contributed by atoms with van der Waals surface area (Å²) in [6, 6.07) is 0.252. The van der Waals surface area contributed by atoms with Gasteiger partial charge in [0.1, 0.15) is 6.61 Å². The lowest BCUT2D eigenvalue weighted by molar-refractivity contribution is -0.128. The van der Waals surface area contributed by atoms with Gasteiger partial charge in [-0.2, -0.15) is 0 Å². The Labute approximate surface area is 97.9 Å². The number of carbonyl (C=O) groups excluding carboxylic acids is 1. The highest BCUT2D eigenvalue weighted by molar-refractivity contribution is 5.77. The summed E-state index contributed by atoms with van der Waals surface area (Å²) in [5, 5.41) is 2.84. The van der Waals surface area contributed by atoms with Gasteiger partial charge >= 0.3 is 0 Å². The maximum absolute atomic E-state index is 11.4. The van der Waals surface area contributed by atoms with Gasteiger partial charge in [-0.1, -0.05) is 13.3 Å². The van der Waals surface area contributed by atoms with Gasteiger partial charge in [-0.05, 0) is 32.1 Å². The normalized spacial score (nSPS) is 25.4. The van der Waals surface area contributed by atoms with Crippen LogP contribution in [0, 0.1) is 0 Å². The summed E-state index contributed by atoms with van der Waals surface area (Å²) in [4.78, 5) is 11.4. The number of carbonyl (C=O) groups is 1. The lowest BCUT2D eigenvalue weighted by Crippen LogP contribution is -2.35. The van der Waals surface area contributed by atoms with E-state index in [0.29, 0.717) is 0 Å². The molecule has 0 saturated heterocycles. The molecule has 0 aromatic heterocycles. The van der Waals surface area contributed by atoms with Gasteiger partial charge in [0.15, 0.2) is 0 Å². The first-order valence-corrected chi connectivity index (χ1v) is 6.36. The second kappa shape index (κ2) is 7.63. The van der Waals surface area contributed by atoms with Crippen molar-refractivity contribution in [1.29, 1.82) is 0 Å². The average molecular weight is 228 g/mol. The molecule has 1 aliphatic rings. The third-order valence-electron chi connectivity index (χ3n) is 2.97. The van der Waals surface area contributed by atoms with Crippen LogP contribution in [-0.4, -0.2) is 31.2 Å². The lowest BCUT2D eigenvalue weighted by atomic mass is 9.94. The lowest BCUT2D eigenvalue weighted by Gasteiger charge is -2.26. The minimum Gasteiger partial charge on any atom is -0.368 e. The summed E-state index contributed by atoms with van der Waals surface area (Å²) in [5.74, 6) is -0.00686. The molecule has 1 fully saturated rings. The molecule has 1 saturated carbocycles. The molecule has 0 heterocycles. The number of rotatable bonds is 6. The fourth-order valence-electron chi connectivity index (χ4n) is 1.98. The summed E-state index contributed by atoms with van der Waals surface area (Å²) in [7, 11) is 0. The molecule has 2 unspecified atom stereocenters. The molecule has 0 radical (unpaired) electrons. The Bertz CT molecular complexity index is 209. The van der Waals surface area contributed by atoms with E-state index in [9.17, 15) is 4.79 Å². The Kier molecular flexibility index (Phi) is 6.42. The quantitative estimate of drug-likeness (QED) is 0.671. The van der Waals surface area contributed by atoms with Crippen molar-refractivity contribution in [2.45, 2.75) is 57.6 Å². The predicted octanol–water partition coefficient (Wildman–Crippen LogP) is 1.19. The highest BCUT2D eigenvalue weighted by Gasteiger charge is 2.20. The Balaban J connectivity index is 2.06. The van der Waals surface area contributed by atoms with E-state index in [4.69, 9.17) is 10.5 Å². The van der Waals surface area contributed by atoms with Crippen molar-refractivity contribution in [2.24, 2.45) is 5.73 Å². The number of ether oxygens (including phenoxy) is 1. The molecule has 1 aliphatic carbocycles. The van der Waals surface area contributed by atoms with Gasteiger partial charge in [0.05, 0.1) is 6.10 Å². The van der Waals surface area contributed by atoms with E-state index in [1.165, 1.54) is 0 Å². The highest BCUT2D eigenvalue weighted by atomic mass is 16.5. The third-order valence-corrected chi connectivity index (χ3v) is 2.97. The summed E-state index contributed by atoms with van der Waals surface area (Å²) >= 11 is 0. The number of nitrogens with one attached hydrogen (secondary N) is 1. The maximum atomic E-state index is 11.4. The molecule has 4 nitrogen and oxygen atoms in total. The predicted molar refractivity (Wildman–Crippen MR) is 64.1 cm³/mol. The van der Waals surface area contributed by atoms with Crippen LogP contribution < -0.4 is 11.1 Å². The summed E-state index contributed by atoms with van der Waals surface area (Å²) < 4.78 is 5.55. The molecule has 0 aliphatic heterocycles. The van der Waals surface area contributed by atoms with Crippen molar-refractivity contribution in [1.82, 2.24) is 5.32 Å². The standard InChI is InChI=1S/C12H24N2O2/c1-2-3-7-14-12(15)9-16-11-6-4-5-10(13)8-11/h10-11H,2-9,13H2,1H3,(H,14,15). The van der Waals surface area contributed by atoms with E-state index in [2.05, 4.69) is 12.2 Å². The van der Waals surface area contributed by atoms with E-state index < -0.39 is 0 Å². The van der Waals surface area contributed by atoms with Crippen LogP contribution >= 0.6 is 0 Å². The third kappa shape index (κ3) is 5.47. The zero-order chi connectivity index (χ0) is 11.8. The van der Waals surface area contributed by atoms with E-state index in [1.54, 1.807) is 0 Å². The van der Waals surface area contributed by atoms with Gasteiger partial charge in [0.25, 0.3) is 0 Å². The fraction of sp³-hybridized carbons (Fsp3) is 0.917. The Morgan fingerprint density at radius 1 is 1.50 bits per heavy atom. The van der Waals surface area contributed by atoms with Crippen molar-refractivity contribution < 1.29 is 9.53 Å². The minimum absolute atomic E-state index is 0.00686. The highest BCUT2D eigenvalue weighted by Crippen LogP contribution is 2.19. The van der Waals surface area contributed by atoms with Gasteiger partial charge < -0.3 is 15.8 Å². The van der Waals surface area contributed by atoms with Crippen molar-refractivity contribution in [3.05, 3.63) is 0 Å². The molecule has 0 spiro atoms. The first-order valence-electron chi connectivity index (χ1n) is 6.36. The number of unbranched alkanes of at least 4 members (excludes halogenated alkanes) is 1. The fourth-order valence-corrected chi connectivity index (χ4v) is 1.98. The Morgan fingerprint density at radius 3 is 3.00 bits per heavy atom. The first kappa shape index (κ1) is 13.5. The summed E-state index contributed by atoms with van der Waals surface area (Å²) in [6.07, 6.45) is 6.43. The first-order chi connectivity index (χ1) is 7.72. The maximum Gasteiger partial charge on any atom is 0.246 e. The molecule has 0 aromatic rings. The number of nitrogens with two attached hydrogens (primary N) is 1. The van der Waals surface area contributed by atoms with Crippen LogP contribution in [0.3, 0.4) is 0 Å². The van der Waals surface area contributed by atoms with Crippen LogP contribution in [-0.2, 0) is 9.53 Å². The Morgan fingerprint density at radius 2 is 2.31 bits per heavy atom. The largest absolute Gasteiger partial charge is 0.368 e. The van der Waals surface area contributed by atoms with E-state index >= 15 is 0 Å². The van der Waals surface area contributed by atoms with Crippen LogP contribution in [0.5, 0.6) is 0 Å². The number of hydrogen-bond donors (Lipinski definition) is 2. The van der Waals surface area contributed by atoms with Gasteiger partial charge in [-0.25, -0.2) is 0 Å². The van der Waals surface area contributed by atoms with Crippen molar-refractivity contribution in [3.8, 4) is 0 Å². The molecule has 1 amide bonds. The zero-order valence-electron chi connectivity index (χ0n) is 10.2. The SMILES string of the molecule is CCCCNC(=O)COC1CCCC(N)C1. The van der Waals surface area contributed by atoms with E-state index in [-0.39, 0.29) is 24.7 Å². The van der Waals surface area contributed by atoms with Crippen molar-refractivity contribution in [2.75, 3.05) is 13.2 Å². The topological polar surface area (TPSA) is 64.3 Å². The molecule has 94 valence electrons. The molecule has 0 aromatic carbocycles. The average Bonchev–Trinajstić information content (AvgIpc) is 2.27. The summed E-state index contributed by atoms with van der Waals surface area (Å²) in [6.45, 7) is 3.04. The van der Waals surface area contributed by atoms with Crippen LogP contribution in [0.1, 0.15) is 45.4 Å².